The average molecular weight is 540 g/mol. The lowest BCUT2D eigenvalue weighted by Gasteiger charge is -2.25. The van der Waals surface area contributed by atoms with E-state index >= 15 is 0 Å². The maximum absolute atomic E-state index is 12.4. The van der Waals surface area contributed by atoms with E-state index in [0.717, 1.165) is 5.56 Å². The predicted molar refractivity (Wildman–Crippen MR) is 142 cm³/mol. The fourth-order valence-electron chi connectivity index (χ4n) is 3.33. The van der Waals surface area contributed by atoms with E-state index in [2.05, 4.69) is 16.0 Å². The molecule has 0 aliphatic carbocycles. The van der Waals surface area contributed by atoms with E-state index < -0.39 is 33.0 Å². The number of alkyl carbamates (subject to hydrolysis) is 2. The molecule has 1 aromatic carbocycles. The molecular weight excluding hydrogens is 502 g/mol. The topological polar surface area (TPSA) is 123 Å². The molecule has 1 aromatic heterocycles. The highest BCUT2D eigenvalue weighted by atomic mass is 32.2. The molecule has 0 saturated heterocycles. The van der Waals surface area contributed by atoms with Crippen molar-refractivity contribution in [1.29, 1.82) is 0 Å². The van der Waals surface area contributed by atoms with Gasteiger partial charge in [-0.3, -0.25) is 5.32 Å². The van der Waals surface area contributed by atoms with E-state index in [4.69, 9.17) is 9.47 Å². The molecule has 0 spiro atoms. The van der Waals surface area contributed by atoms with Crippen LogP contribution in [-0.4, -0.2) is 51.7 Å². The summed E-state index contributed by atoms with van der Waals surface area (Å²) in [4.78, 5) is 24.9. The lowest BCUT2D eigenvalue weighted by molar-refractivity contribution is 0.0500. The van der Waals surface area contributed by atoms with Crippen molar-refractivity contribution in [3.05, 3.63) is 58.3 Å². The third kappa shape index (κ3) is 11.9. The molecule has 0 saturated carbocycles. The molecule has 0 fully saturated rings. The molecule has 2 atom stereocenters. The van der Waals surface area contributed by atoms with E-state index in [1.165, 1.54) is 17.6 Å². The zero-order chi connectivity index (χ0) is 26.6. The van der Waals surface area contributed by atoms with Crippen molar-refractivity contribution in [1.82, 2.24) is 16.0 Å². The first-order valence-electron chi connectivity index (χ1n) is 11.8. The highest BCUT2D eigenvalue weighted by Crippen LogP contribution is 2.23. The van der Waals surface area contributed by atoms with Crippen molar-refractivity contribution < 1.29 is 27.5 Å². The van der Waals surface area contributed by atoms with E-state index in [0.29, 0.717) is 30.7 Å². The first kappa shape index (κ1) is 29.6. The van der Waals surface area contributed by atoms with Gasteiger partial charge >= 0.3 is 12.2 Å². The molecule has 0 bridgehead atoms. The molecule has 1 heterocycles. The molecule has 200 valence electrons. The quantitative estimate of drug-likeness (QED) is 0.323. The van der Waals surface area contributed by atoms with Gasteiger partial charge in [0.2, 0.25) is 0 Å². The summed E-state index contributed by atoms with van der Waals surface area (Å²) in [5, 5.41) is 9.57. The Hall–Kier alpha value is -2.63. The molecule has 0 unspecified atom stereocenters. The predicted octanol–water partition coefficient (Wildman–Crippen LogP) is 4.37. The van der Waals surface area contributed by atoms with E-state index in [1.54, 1.807) is 32.9 Å². The minimum atomic E-state index is -3.41. The number of nitrogens with one attached hydrogen (secondary N) is 3. The van der Waals surface area contributed by atoms with Crippen molar-refractivity contribution in [2.75, 3.05) is 19.4 Å². The summed E-state index contributed by atoms with van der Waals surface area (Å²) < 4.78 is 35.3. The van der Waals surface area contributed by atoms with Gasteiger partial charge in [-0.25, -0.2) is 18.0 Å². The maximum Gasteiger partial charge on any atom is 0.407 e. The lowest BCUT2D eigenvalue weighted by atomic mass is 10.1. The molecular formula is C25H37N3O6S2. The molecule has 2 amide bonds. The number of hydrogen-bond donors (Lipinski definition) is 3. The van der Waals surface area contributed by atoms with Crippen LogP contribution in [0.4, 0.5) is 9.59 Å². The monoisotopic (exact) mass is 539 g/mol. The second kappa shape index (κ2) is 14.2. The smallest absolute Gasteiger partial charge is 0.407 e. The van der Waals surface area contributed by atoms with Crippen LogP contribution in [0, 0.1) is 0 Å². The van der Waals surface area contributed by atoms with Crippen LogP contribution in [-0.2, 0) is 25.9 Å². The lowest BCUT2D eigenvalue weighted by Crippen LogP contribution is -2.45. The Morgan fingerprint density at radius 1 is 1.03 bits per heavy atom. The Labute approximate surface area is 217 Å². The summed E-state index contributed by atoms with van der Waals surface area (Å²) in [6, 6.07) is 12.7. The van der Waals surface area contributed by atoms with Crippen molar-refractivity contribution >= 4 is 33.4 Å². The number of carbonyl (C=O) groups is 2. The largest absolute Gasteiger partial charge is 0.450 e. The number of thiophene rings is 1. The van der Waals surface area contributed by atoms with Crippen LogP contribution >= 0.6 is 11.3 Å². The number of hydrogen-bond acceptors (Lipinski definition) is 8. The molecule has 0 aliphatic heterocycles. The summed E-state index contributed by atoms with van der Waals surface area (Å²) in [7, 11) is -3.41. The molecule has 3 N–H and O–H groups in total. The van der Waals surface area contributed by atoms with Crippen LogP contribution < -0.4 is 16.0 Å². The van der Waals surface area contributed by atoms with Gasteiger partial charge in [0.1, 0.15) is 11.0 Å². The summed E-state index contributed by atoms with van der Waals surface area (Å²) in [5.41, 5.74) is 0.322. The van der Waals surface area contributed by atoms with Gasteiger partial charge in [-0.05, 0) is 57.0 Å². The number of unbranched alkanes of at least 4 members (excludes halogenated alkanes) is 1. The standard InChI is InChI=1S/C25H37N3O6S2/c1-25(2,3)34-24(30)28-20(18-26-22(36(4,31)32)21-14-10-16-35-21)13-8-9-15-33-23(29)27-17-19-11-6-5-7-12-19/h5-7,10-12,14,16,20,22,26H,8-9,13,15,17-18H2,1-4H3,(H,27,29)(H,28,30)/t20-,22-/m0/s1. The van der Waals surface area contributed by atoms with Gasteiger partial charge in [0, 0.05) is 30.3 Å². The molecule has 2 rings (SSSR count). The Morgan fingerprint density at radius 3 is 2.36 bits per heavy atom. The van der Waals surface area contributed by atoms with E-state index in [1.807, 2.05) is 35.7 Å². The Morgan fingerprint density at radius 2 is 1.75 bits per heavy atom. The van der Waals surface area contributed by atoms with Crippen LogP contribution in [0.15, 0.2) is 47.8 Å². The fraction of sp³-hybridized carbons (Fsp3) is 0.520. The number of carbonyl (C=O) groups excluding carboxylic acids is 2. The second-order valence-electron chi connectivity index (χ2n) is 9.45. The zero-order valence-electron chi connectivity index (χ0n) is 21.3. The van der Waals surface area contributed by atoms with Gasteiger partial charge in [-0.2, -0.15) is 0 Å². The molecule has 0 aliphatic rings. The van der Waals surface area contributed by atoms with Crippen molar-refractivity contribution in [3.63, 3.8) is 0 Å². The van der Waals surface area contributed by atoms with Gasteiger partial charge < -0.3 is 20.1 Å². The number of rotatable bonds is 13. The average Bonchev–Trinajstić information content (AvgIpc) is 3.30. The Balaban J connectivity index is 1.84. The molecule has 2 aromatic rings. The maximum atomic E-state index is 12.4. The zero-order valence-corrected chi connectivity index (χ0v) is 22.9. The summed E-state index contributed by atoms with van der Waals surface area (Å²) in [5.74, 6) is 0. The highest BCUT2D eigenvalue weighted by molar-refractivity contribution is 7.91. The summed E-state index contributed by atoms with van der Waals surface area (Å²) >= 11 is 1.35. The number of sulfone groups is 1. The van der Waals surface area contributed by atoms with Gasteiger partial charge in [0.05, 0.1) is 6.61 Å². The number of ether oxygens (including phenoxy) is 2. The second-order valence-corrected chi connectivity index (χ2v) is 12.6. The van der Waals surface area contributed by atoms with Crippen molar-refractivity contribution in [2.45, 2.75) is 63.6 Å². The molecule has 0 radical (unpaired) electrons. The third-order valence-electron chi connectivity index (χ3n) is 4.96. The first-order chi connectivity index (χ1) is 16.9. The Kier molecular flexibility index (Phi) is 11.7. The fourth-order valence-corrected chi connectivity index (χ4v) is 5.60. The van der Waals surface area contributed by atoms with Crippen LogP contribution in [0.1, 0.15) is 55.8 Å². The molecule has 11 heteroatoms. The third-order valence-corrected chi connectivity index (χ3v) is 7.32. The SMILES string of the molecule is CC(C)(C)OC(=O)N[C@@H](CCCCOC(=O)NCc1ccccc1)CN[C@H](c1cccs1)S(C)(=O)=O. The normalized spacial score (nSPS) is 13.4. The van der Waals surface area contributed by atoms with Crippen LogP contribution in [0.25, 0.3) is 0 Å². The van der Waals surface area contributed by atoms with Crippen molar-refractivity contribution in [2.24, 2.45) is 0 Å². The molecule has 36 heavy (non-hydrogen) atoms. The Bertz CT molecular complexity index is 1040. The first-order valence-corrected chi connectivity index (χ1v) is 14.7. The van der Waals surface area contributed by atoms with Gasteiger partial charge in [-0.1, -0.05) is 36.4 Å². The summed E-state index contributed by atoms with van der Waals surface area (Å²) in [6.07, 6.45) is 1.90. The number of amides is 2. The van der Waals surface area contributed by atoms with Crippen LogP contribution in [0.5, 0.6) is 0 Å². The number of benzene rings is 1. The highest BCUT2D eigenvalue weighted by Gasteiger charge is 2.26. The molecule has 9 nitrogen and oxygen atoms in total. The van der Waals surface area contributed by atoms with Crippen LogP contribution in [0.3, 0.4) is 0 Å². The van der Waals surface area contributed by atoms with E-state index in [9.17, 15) is 18.0 Å². The van der Waals surface area contributed by atoms with Gasteiger partial charge in [0.25, 0.3) is 0 Å². The van der Waals surface area contributed by atoms with Crippen molar-refractivity contribution in [3.8, 4) is 0 Å². The van der Waals surface area contributed by atoms with Crippen LogP contribution in [0.2, 0.25) is 0 Å². The summed E-state index contributed by atoms with van der Waals surface area (Å²) in [6.45, 7) is 6.17. The minimum absolute atomic E-state index is 0.229. The van der Waals surface area contributed by atoms with Gasteiger partial charge in [-0.15, -0.1) is 11.3 Å². The minimum Gasteiger partial charge on any atom is -0.450 e. The van der Waals surface area contributed by atoms with Gasteiger partial charge in [0.15, 0.2) is 9.84 Å². The van der Waals surface area contributed by atoms with E-state index in [-0.39, 0.29) is 19.2 Å².